The van der Waals surface area contributed by atoms with E-state index in [1.807, 2.05) is 0 Å². The first-order valence-electron chi connectivity index (χ1n) is 12.6. The molecule has 30 heavy (non-hydrogen) atoms. The fourth-order valence-electron chi connectivity index (χ4n) is 4.13. The summed E-state index contributed by atoms with van der Waals surface area (Å²) in [5, 5.41) is 0. The minimum Gasteiger partial charge on any atom is -0.460 e. The summed E-state index contributed by atoms with van der Waals surface area (Å²) in [7, 11) is -1.18. The Kier molecular flexibility index (Phi) is 21.1. The molecule has 0 saturated heterocycles. The molecular formula is C25H50O4Si. The fraction of sp³-hybridized carbons (Fsp3) is 0.880. The van der Waals surface area contributed by atoms with Gasteiger partial charge in [-0.3, -0.25) is 0 Å². The molecule has 0 aromatic rings. The van der Waals surface area contributed by atoms with Gasteiger partial charge in [0, 0.05) is 12.7 Å². The van der Waals surface area contributed by atoms with Gasteiger partial charge in [-0.15, -0.1) is 0 Å². The van der Waals surface area contributed by atoms with Crippen molar-refractivity contribution in [1.29, 1.82) is 0 Å². The van der Waals surface area contributed by atoms with Crippen LogP contribution < -0.4 is 0 Å². The lowest BCUT2D eigenvalue weighted by atomic mass is 10.3. The average molecular weight is 443 g/mol. The Bertz CT molecular complexity index is 374. The fourth-order valence-corrected chi connectivity index (χ4v) is 9.53. The maximum Gasteiger partial charge on any atom is 0.330 e. The lowest BCUT2D eigenvalue weighted by molar-refractivity contribution is -0.139. The van der Waals surface area contributed by atoms with Gasteiger partial charge in [0.15, 0.2) is 0 Å². The van der Waals surface area contributed by atoms with Gasteiger partial charge in [0.1, 0.15) is 6.61 Å². The van der Waals surface area contributed by atoms with Crippen LogP contribution in [0.5, 0.6) is 0 Å². The third kappa shape index (κ3) is 17.1. The van der Waals surface area contributed by atoms with E-state index < -0.39 is 14.0 Å². The first-order chi connectivity index (χ1) is 14.6. The number of ether oxygens (including phenoxy) is 3. The van der Waals surface area contributed by atoms with Crippen molar-refractivity contribution in [2.24, 2.45) is 0 Å². The summed E-state index contributed by atoms with van der Waals surface area (Å²) in [5.74, 6) is -0.403. The van der Waals surface area contributed by atoms with Crippen molar-refractivity contribution < 1.29 is 19.0 Å². The Hall–Kier alpha value is -0.653. The summed E-state index contributed by atoms with van der Waals surface area (Å²) in [4.78, 5) is 10.9. The van der Waals surface area contributed by atoms with Crippen molar-refractivity contribution in [2.45, 2.75) is 109 Å². The summed E-state index contributed by atoms with van der Waals surface area (Å²) in [5.41, 5.74) is 0. The van der Waals surface area contributed by atoms with Gasteiger partial charge >= 0.3 is 5.97 Å². The van der Waals surface area contributed by atoms with E-state index in [-0.39, 0.29) is 6.61 Å². The standard InChI is InChI=1S/C25H50O4Si/c1-5-9-12-21-30(22-13-10-6-2,23-14-11-7-3)24-15-16-27-17-18-28-19-20-29-25(26)8-4/h8H,4-7,9-24H2,1-3H3. The van der Waals surface area contributed by atoms with Gasteiger partial charge in [-0.25, -0.2) is 4.79 Å². The highest BCUT2D eigenvalue weighted by Crippen LogP contribution is 2.34. The molecule has 0 aromatic carbocycles. The number of carbonyl (C=O) groups is 1. The SMILES string of the molecule is C=CC(=O)OCCOCCOCCC[Si](CCCCC)(CCCCC)CCCCC. The highest BCUT2D eigenvalue weighted by atomic mass is 28.3. The third-order valence-electron chi connectivity index (χ3n) is 5.94. The largest absolute Gasteiger partial charge is 0.460 e. The molecule has 0 aliphatic rings. The predicted octanol–water partition coefficient (Wildman–Crippen LogP) is 7.16. The van der Waals surface area contributed by atoms with E-state index in [1.165, 1.54) is 94.5 Å². The molecule has 0 radical (unpaired) electrons. The van der Waals surface area contributed by atoms with Crippen molar-refractivity contribution in [2.75, 3.05) is 33.0 Å². The molecule has 4 nitrogen and oxygen atoms in total. The van der Waals surface area contributed by atoms with E-state index in [0.29, 0.717) is 19.8 Å². The van der Waals surface area contributed by atoms with Crippen LogP contribution in [-0.4, -0.2) is 47.1 Å². The zero-order chi connectivity index (χ0) is 22.3. The number of carbonyl (C=O) groups excluding carboxylic acids is 1. The first kappa shape index (κ1) is 29.3. The van der Waals surface area contributed by atoms with Crippen LogP contribution in [0.25, 0.3) is 0 Å². The summed E-state index contributed by atoms with van der Waals surface area (Å²) >= 11 is 0. The van der Waals surface area contributed by atoms with Crippen molar-refractivity contribution in [3.8, 4) is 0 Å². The van der Waals surface area contributed by atoms with Gasteiger partial charge in [0.2, 0.25) is 0 Å². The smallest absolute Gasteiger partial charge is 0.330 e. The van der Waals surface area contributed by atoms with Crippen LogP contribution in [0.3, 0.4) is 0 Å². The molecule has 5 heteroatoms. The Morgan fingerprint density at radius 3 is 1.57 bits per heavy atom. The molecule has 0 rings (SSSR count). The Morgan fingerprint density at radius 2 is 1.10 bits per heavy atom. The van der Waals surface area contributed by atoms with E-state index in [0.717, 1.165) is 6.61 Å². The normalized spacial score (nSPS) is 11.6. The van der Waals surface area contributed by atoms with Gasteiger partial charge in [-0.2, -0.15) is 0 Å². The van der Waals surface area contributed by atoms with Crippen LogP contribution in [0.2, 0.25) is 24.2 Å². The molecule has 0 spiro atoms. The van der Waals surface area contributed by atoms with Crippen molar-refractivity contribution in [1.82, 2.24) is 0 Å². The van der Waals surface area contributed by atoms with E-state index in [4.69, 9.17) is 14.2 Å². The minimum absolute atomic E-state index is 0.270. The van der Waals surface area contributed by atoms with Crippen molar-refractivity contribution >= 4 is 14.0 Å². The first-order valence-corrected chi connectivity index (χ1v) is 15.4. The molecule has 178 valence electrons. The van der Waals surface area contributed by atoms with Crippen LogP contribution in [0, 0.1) is 0 Å². The lowest BCUT2D eigenvalue weighted by Crippen LogP contribution is -2.34. The molecule has 0 bridgehead atoms. The van der Waals surface area contributed by atoms with E-state index in [1.54, 1.807) is 0 Å². The average Bonchev–Trinajstić information content (AvgIpc) is 2.75. The second kappa shape index (κ2) is 21.6. The summed E-state index contributed by atoms with van der Waals surface area (Å²) in [6.45, 7) is 13.0. The second-order valence-corrected chi connectivity index (χ2v) is 13.6. The van der Waals surface area contributed by atoms with Crippen LogP contribution in [0.1, 0.15) is 85.0 Å². The molecule has 0 aliphatic carbocycles. The molecule has 0 fully saturated rings. The molecular weight excluding hydrogens is 392 g/mol. The number of hydrogen-bond donors (Lipinski definition) is 0. The highest BCUT2D eigenvalue weighted by molar-refractivity contribution is 6.79. The van der Waals surface area contributed by atoms with Crippen molar-refractivity contribution in [3.05, 3.63) is 12.7 Å². The summed E-state index contributed by atoms with van der Waals surface area (Å²) < 4.78 is 16.1. The number of rotatable bonds is 23. The molecule has 0 N–H and O–H groups in total. The van der Waals surface area contributed by atoms with Gasteiger partial charge < -0.3 is 14.2 Å². The molecule has 0 aliphatic heterocycles. The summed E-state index contributed by atoms with van der Waals surface area (Å²) in [6.07, 6.45) is 14.8. The van der Waals surface area contributed by atoms with Crippen LogP contribution in [0.15, 0.2) is 12.7 Å². The maximum absolute atomic E-state index is 10.9. The van der Waals surface area contributed by atoms with E-state index in [2.05, 4.69) is 27.4 Å². The molecule has 0 unspecified atom stereocenters. The van der Waals surface area contributed by atoms with Gasteiger partial charge in [0.25, 0.3) is 0 Å². The molecule has 0 heterocycles. The Balaban J connectivity index is 4.22. The van der Waals surface area contributed by atoms with Gasteiger partial charge in [-0.05, 0) is 6.42 Å². The predicted molar refractivity (Wildman–Crippen MR) is 131 cm³/mol. The highest BCUT2D eigenvalue weighted by Gasteiger charge is 2.30. The van der Waals surface area contributed by atoms with Gasteiger partial charge in [0.05, 0.1) is 27.9 Å². The van der Waals surface area contributed by atoms with E-state index >= 15 is 0 Å². The molecule has 0 atom stereocenters. The Labute approximate surface area is 188 Å². The van der Waals surface area contributed by atoms with Crippen LogP contribution in [-0.2, 0) is 19.0 Å². The monoisotopic (exact) mass is 442 g/mol. The lowest BCUT2D eigenvalue weighted by Gasteiger charge is -2.33. The molecule has 0 amide bonds. The van der Waals surface area contributed by atoms with Crippen LogP contribution >= 0.6 is 0 Å². The quantitative estimate of drug-likeness (QED) is 0.0729. The van der Waals surface area contributed by atoms with E-state index in [9.17, 15) is 4.79 Å². The maximum atomic E-state index is 10.9. The number of esters is 1. The minimum atomic E-state index is -1.18. The third-order valence-corrected chi connectivity index (χ3v) is 11.6. The van der Waals surface area contributed by atoms with Crippen molar-refractivity contribution in [3.63, 3.8) is 0 Å². The topological polar surface area (TPSA) is 44.8 Å². The molecule has 0 aromatic heterocycles. The summed E-state index contributed by atoms with van der Waals surface area (Å²) in [6, 6.07) is 6.02. The second-order valence-electron chi connectivity index (χ2n) is 8.57. The number of unbranched alkanes of at least 4 members (excludes halogenated alkanes) is 6. The zero-order valence-corrected chi connectivity index (χ0v) is 21.4. The Morgan fingerprint density at radius 1 is 0.667 bits per heavy atom. The number of hydrogen-bond acceptors (Lipinski definition) is 4. The van der Waals surface area contributed by atoms with Gasteiger partial charge in [-0.1, -0.05) is 109 Å². The molecule has 0 saturated carbocycles. The zero-order valence-electron chi connectivity index (χ0n) is 20.4. The van der Waals surface area contributed by atoms with Crippen LogP contribution in [0.4, 0.5) is 0 Å².